The summed E-state index contributed by atoms with van der Waals surface area (Å²) in [4.78, 5) is 2.49. The maximum atomic E-state index is 2.49. The Morgan fingerprint density at radius 3 is 1.11 bits per heavy atom. The lowest BCUT2D eigenvalue weighted by Gasteiger charge is -2.34. The average Bonchev–Trinajstić information content (AvgIpc) is 1.79. The first-order chi connectivity index (χ1) is 42.1. The fourth-order valence-electron chi connectivity index (χ4n) is 14.4. The number of rotatable bonds is 11. The molecule has 0 radical (unpaired) electrons. The van der Waals surface area contributed by atoms with E-state index in [0.717, 1.165) is 28.2 Å². The lowest BCUT2D eigenvalue weighted by molar-refractivity contribution is 0.768. The minimum absolute atomic E-state index is 0.489. The summed E-state index contributed by atoms with van der Waals surface area (Å²) in [6.45, 7) is 0. The van der Waals surface area contributed by atoms with E-state index in [1.54, 1.807) is 0 Å². The van der Waals surface area contributed by atoms with Crippen LogP contribution in [0, 0.1) is 0 Å². The second-order valence-electron chi connectivity index (χ2n) is 22.7. The van der Waals surface area contributed by atoms with Crippen LogP contribution in [-0.2, 0) is 10.8 Å². The van der Waals surface area contributed by atoms with Crippen molar-refractivity contribution in [1.82, 2.24) is 0 Å². The van der Waals surface area contributed by atoms with E-state index in [4.69, 9.17) is 0 Å². The number of fused-ring (bicyclic) bond motifs is 7. The Bertz CT molecular complexity index is 4720. The highest BCUT2D eigenvalue weighted by Crippen LogP contribution is 2.60. The molecule has 0 fully saturated rings. The molecule has 0 unspecified atom stereocenters. The molecular formula is C84H57N. The third-order valence-electron chi connectivity index (χ3n) is 18.2. The molecule has 0 bridgehead atoms. The number of hydrogen-bond acceptors (Lipinski definition) is 1. The largest absolute Gasteiger partial charge is 0.310 e. The van der Waals surface area contributed by atoms with E-state index in [0.29, 0.717) is 0 Å². The van der Waals surface area contributed by atoms with Crippen LogP contribution in [0.1, 0.15) is 44.5 Å². The van der Waals surface area contributed by atoms with Crippen molar-refractivity contribution in [1.29, 1.82) is 0 Å². The van der Waals surface area contributed by atoms with Crippen LogP contribution < -0.4 is 4.90 Å². The van der Waals surface area contributed by atoms with E-state index < -0.39 is 10.8 Å². The molecule has 1 nitrogen and oxygen atoms in total. The number of nitrogens with zero attached hydrogens (tertiary/aromatic N) is 1. The fourth-order valence-corrected chi connectivity index (χ4v) is 14.4. The first-order valence-corrected chi connectivity index (χ1v) is 29.6. The minimum atomic E-state index is -0.550. The number of benzene rings is 14. The van der Waals surface area contributed by atoms with Gasteiger partial charge in [-0.25, -0.2) is 0 Å². The number of anilines is 3. The normalized spacial score (nSPS) is 13.1. The molecule has 0 aromatic heterocycles. The van der Waals surface area contributed by atoms with Crippen molar-refractivity contribution in [3.63, 3.8) is 0 Å². The Balaban J connectivity index is 0.831. The molecule has 398 valence electrons. The molecule has 14 aromatic carbocycles. The Morgan fingerprint density at radius 2 is 0.565 bits per heavy atom. The van der Waals surface area contributed by atoms with Gasteiger partial charge in [-0.1, -0.05) is 291 Å². The monoisotopic (exact) mass is 1080 g/mol. The molecule has 0 atom stereocenters. The molecule has 0 saturated carbocycles. The topological polar surface area (TPSA) is 3.24 Å². The molecule has 0 N–H and O–H groups in total. The Kier molecular flexibility index (Phi) is 12.1. The molecule has 2 aliphatic rings. The van der Waals surface area contributed by atoms with Crippen molar-refractivity contribution in [2.75, 3.05) is 4.90 Å². The molecular weight excluding hydrogens is 1020 g/mol. The van der Waals surface area contributed by atoms with Gasteiger partial charge in [0.2, 0.25) is 0 Å². The Labute approximate surface area is 497 Å². The SMILES string of the molecule is c1ccc(C2(c3ccccc3)c3ccccc3-c3ccc(-c4ccc(N(c5ccc(-c6cccc(-c7cccc(-c8ccc9ccccc9c8)c7)c6)cc5)c5cccc6c5-c5ccccc5C6(c5ccccc5)c5ccccc5)cc4)cc32)cc1. The van der Waals surface area contributed by atoms with Crippen molar-refractivity contribution in [3.8, 4) is 66.8 Å². The van der Waals surface area contributed by atoms with Crippen LogP contribution in [0.15, 0.2) is 346 Å². The minimum Gasteiger partial charge on any atom is -0.310 e. The molecule has 0 heterocycles. The predicted octanol–water partition coefficient (Wildman–Crippen LogP) is 21.7. The first-order valence-electron chi connectivity index (χ1n) is 29.6. The Hall–Kier alpha value is -10.9. The summed E-state index contributed by atoms with van der Waals surface area (Å²) in [6, 6.07) is 128. The molecule has 16 rings (SSSR count). The number of hydrogen-bond donors (Lipinski definition) is 0. The molecule has 0 amide bonds. The van der Waals surface area contributed by atoms with Crippen molar-refractivity contribution >= 4 is 27.8 Å². The molecule has 0 aliphatic heterocycles. The van der Waals surface area contributed by atoms with Gasteiger partial charge in [0, 0.05) is 16.9 Å². The zero-order valence-corrected chi connectivity index (χ0v) is 46.9. The summed E-state index contributed by atoms with van der Waals surface area (Å²) in [5, 5.41) is 2.50. The van der Waals surface area contributed by atoms with Gasteiger partial charge in [-0.05, 0) is 171 Å². The lowest BCUT2D eigenvalue weighted by atomic mass is 9.67. The predicted molar refractivity (Wildman–Crippen MR) is 355 cm³/mol. The van der Waals surface area contributed by atoms with E-state index >= 15 is 0 Å². The summed E-state index contributed by atoms with van der Waals surface area (Å²) in [7, 11) is 0. The van der Waals surface area contributed by atoms with Crippen molar-refractivity contribution in [3.05, 3.63) is 390 Å². The van der Waals surface area contributed by atoms with Crippen molar-refractivity contribution < 1.29 is 0 Å². The van der Waals surface area contributed by atoms with E-state index in [1.165, 1.54) is 111 Å². The highest BCUT2D eigenvalue weighted by molar-refractivity contribution is 5.98. The molecule has 0 saturated heterocycles. The fraction of sp³-hybridized carbons (Fsp3) is 0.0238. The summed E-state index contributed by atoms with van der Waals surface area (Å²) in [5.41, 5.74) is 26.9. The maximum Gasteiger partial charge on any atom is 0.0714 e. The summed E-state index contributed by atoms with van der Waals surface area (Å²) < 4.78 is 0. The third kappa shape index (κ3) is 8.07. The third-order valence-corrected chi connectivity index (χ3v) is 18.2. The molecule has 85 heavy (non-hydrogen) atoms. The maximum absolute atomic E-state index is 2.49. The van der Waals surface area contributed by atoms with Gasteiger partial charge >= 0.3 is 0 Å². The van der Waals surface area contributed by atoms with E-state index in [9.17, 15) is 0 Å². The van der Waals surface area contributed by atoms with E-state index in [2.05, 4.69) is 351 Å². The van der Waals surface area contributed by atoms with Crippen LogP contribution in [0.3, 0.4) is 0 Å². The van der Waals surface area contributed by atoms with Crippen molar-refractivity contribution in [2.45, 2.75) is 10.8 Å². The first kappa shape index (κ1) is 49.9. The Morgan fingerprint density at radius 1 is 0.200 bits per heavy atom. The summed E-state index contributed by atoms with van der Waals surface area (Å²) >= 11 is 0. The second kappa shape index (κ2) is 20.5. The summed E-state index contributed by atoms with van der Waals surface area (Å²) in [6.07, 6.45) is 0. The van der Waals surface area contributed by atoms with Crippen LogP contribution in [0.25, 0.3) is 77.5 Å². The van der Waals surface area contributed by atoms with E-state index in [1.807, 2.05) is 0 Å². The quantitative estimate of drug-likeness (QED) is 0.125. The van der Waals surface area contributed by atoms with Gasteiger partial charge in [-0.15, -0.1) is 0 Å². The van der Waals surface area contributed by atoms with Gasteiger partial charge in [0.1, 0.15) is 0 Å². The molecule has 14 aromatic rings. The van der Waals surface area contributed by atoms with Gasteiger partial charge in [0.15, 0.2) is 0 Å². The molecule has 1 heteroatoms. The highest BCUT2D eigenvalue weighted by Gasteiger charge is 2.48. The van der Waals surface area contributed by atoms with E-state index in [-0.39, 0.29) is 0 Å². The van der Waals surface area contributed by atoms with Crippen molar-refractivity contribution in [2.24, 2.45) is 0 Å². The second-order valence-corrected chi connectivity index (χ2v) is 22.7. The highest BCUT2D eigenvalue weighted by atomic mass is 15.1. The van der Waals surface area contributed by atoms with Crippen LogP contribution in [0.2, 0.25) is 0 Å². The zero-order chi connectivity index (χ0) is 56.3. The smallest absolute Gasteiger partial charge is 0.0714 e. The van der Waals surface area contributed by atoms with Gasteiger partial charge in [-0.2, -0.15) is 0 Å². The van der Waals surface area contributed by atoms with Gasteiger partial charge in [0.05, 0.1) is 16.5 Å². The lowest BCUT2D eigenvalue weighted by Crippen LogP contribution is -2.28. The molecule has 2 aliphatic carbocycles. The van der Waals surface area contributed by atoms with Crippen LogP contribution in [0.5, 0.6) is 0 Å². The van der Waals surface area contributed by atoms with Gasteiger partial charge in [-0.3, -0.25) is 0 Å². The molecule has 0 spiro atoms. The summed E-state index contributed by atoms with van der Waals surface area (Å²) in [5.74, 6) is 0. The zero-order valence-electron chi connectivity index (χ0n) is 46.9. The standard InChI is InChI=1S/C84H57N/c1-5-28-68(29-6-1)83(69-30-7-2-8-31-69)78-39-18-16-37-76(78)82-79(83)40-21-41-81(82)85(72-49-44-59(45-50-72)62-24-19-25-63(54-62)64-26-20-27-65(56-64)66-43-42-58-22-13-14-23-61(58)55-66)73-51-46-60(47-52-73)67-48-53-75-74-36-15-17-38-77(74)84(80(75)57-67,70-32-9-3-10-33-70)71-34-11-4-12-35-71/h1-57H. The van der Waals surface area contributed by atoms with Gasteiger partial charge < -0.3 is 4.90 Å². The van der Waals surface area contributed by atoms with Gasteiger partial charge in [0.25, 0.3) is 0 Å². The van der Waals surface area contributed by atoms with Crippen LogP contribution in [0.4, 0.5) is 17.1 Å². The van der Waals surface area contributed by atoms with Crippen LogP contribution >= 0.6 is 0 Å². The average molecular weight is 1080 g/mol. The van der Waals surface area contributed by atoms with Crippen LogP contribution in [-0.4, -0.2) is 0 Å².